The normalized spacial score (nSPS) is 17.8. The highest BCUT2D eigenvalue weighted by Crippen LogP contribution is 2.49. The van der Waals surface area contributed by atoms with E-state index in [2.05, 4.69) is 0 Å². The third kappa shape index (κ3) is 9.18. The lowest BCUT2D eigenvalue weighted by Gasteiger charge is -2.45. The first-order valence-electron chi connectivity index (χ1n) is 18.6. The van der Waals surface area contributed by atoms with Crippen LogP contribution in [-0.4, -0.2) is 137 Å². The van der Waals surface area contributed by atoms with Crippen LogP contribution in [0.25, 0.3) is 0 Å². The lowest BCUT2D eigenvalue weighted by molar-refractivity contribution is -0.232. The van der Waals surface area contributed by atoms with Crippen molar-refractivity contribution >= 4 is 29.7 Å². The number of carbonyl (C=O) groups is 5. The molecule has 6 rings (SSSR count). The van der Waals surface area contributed by atoms with Crippen molar-refractivity contribution in [1.29, 1.82) is 0 Å². The first-order valence-corrected chi connectivity index (χ1v) is 18.6. The van der Waals surface area contributed by atoms with Gasteiger partial charge in [0, 0.05) is 6.07 Å². The quantitative estimate of drug-likeness (QED) is 0.0391. The average molecular weight is 939 g/mol. The molecule has 0 amide bonds. The fourth-order valence-electron chi connectivity index (χ4n) is 6.67. The van der Waals surface area contributed by atoms with Gasteiger partial charge in [0.25, 0.3) is 0 Å². The summed E-state index contributed by atoms with van der Waals surface area (Å²) in [5.41, 5.74) is -4.98. The van der Waals surface area contributed by atoms with Gasteiger partial charge in [-0.25, -0.2) is 19.2 Å². The Bertz CT molecular complexity index is 2780. The van der Waals surface area contributed by atoms with Gasteiger partial charge in [0.1, 0.15) is 41.6 Å². The summed E-state index contributed by atoms with van der Waals surface area (Å²) < 4.78 is 28.4. The molecule has 0 bridgehead atoms. The van der Waals surface area contributed by atoms with E-state index in [1.54, 1.807) is 0 Å². The molecule has 352 valence electrons. The fourth-order valence-corrected chi connectivity index (χ4v) is 6.67. The molecule has 1 aliphatic rings. The van der Waals surface area contributed by atoms with Crippen molar-refractivity contribution in [2.75, 3.05) is 6.61 Å². The van der Waals surface area contributed by atoms with Crippen LogP contribution in [0.4, 0.5) is 0 Å². The van der Waals surface area contributed by atoms with Gasteiger partial charge in [-0.05, 0) is 55.5 Å². The van der Waals surface area contributed by atoms with Crippen molar-refractivity contribution in [3.05, 3.63) is 88.0 Å². The van der Waals surface area contributed by atoms with E-state index in [4.69, 9.17) is 23.7 Å². The largest absolute Gasteiger partial charge is 0.507 e. The minimum Gasteiger partial charge on any atom is -0.507 e. The molecule has 25 heteroatoms. The number of rotatable bonds is 11. The molecule has 1 fully saturated rings. The van der Waals surface area contributed by atoms with E-state index in [0.717, 1.165) is 6.92 Å². The monoisotopic (exact) mass is 938 g/mol. The summed E-state index contributed by atoms with van der Waals surface area (Å²) in [6.45, 7) is -0.405. The summed E-state index contributed by atoms with van der Waals surface area (Å²) in [5, 5.41) is 154. The topological polar surface area (TPSA) is 435 Å². The van der Waals surface area contributed by atoms with E-state index in [9.17, 15) is 101 Å². The van der Waals surface area contributed by atoms with E-state index < -0.39 is 186 Å². The van der Waals surface area contributed by atoms with E-state index in [0.29, 0.717) is 54.6 Å². The summed E-state index contributed by atoms with van der Waals surface area (Å²) in [4.78, 5) is 68.0. The third-order valence-electron chi connectivity index (χ3n) is 9.90. The van der Waals surface area contributed by atoms with E-state index >= 15 is 0 Å². The Morgan fingerprint density at radius 2 is 0.746 bits per heavy atom. The fraction of sp³-hybridized carbons (Fsp3) is 0.167. The number of hydrogen-bond donors (Lipinski definition) is 15. The lowest BCUT2D eigenvalue weighted by Crippen LogP contribution is -2.60. The molecule has 0 aliphatic carbocycles. The lowest BCUT2D eigenvalue weighted by atomic mass is 9.88. The number of ether oxygens (including phenoxy) is 5. The van der Waals surface area contributed by atoms with Crippen LogP contribution in [0.15, 0.2) is 54.6 Å². The molecule has 0 saturated carbocycles. The maximum atomic E-state index is 14.0. The second-order valence-electron chi connectivity index (χ2n) is 14.4. The highest BCUT2D eigenvalue weighted by molar-refractivity contribution is 6.00. The van der Waals surface area contributed by atoms with Crippen molar-refractivity contribution in [3.63, 3.8) is 0 Å². The molecule has 67 heavy (non-hydrogen) atoms. The molecule has 5 aromatic rings. The Morgan fingerprint density at radius 3 is 1.10 bits per heavy atom. The van der Waals surface area contributed by atoms with Gasteiger partial charge in [-0.2, -0.15) is 0 Å². The Hall–Kier alpha value is -9.39. The molecular weight excluding hydrogens is 904 g/mol. The highest BCUT2D eigenvalue weighted by atomic mass is 16.7. The van der Waals surface area contributed by atoms with Crippen molar-refractivity contribution in [2.24, 2.45) is 0 Å². The average Bonchev–Trinajstić information content (AvgIpc) is 3.25. The van der Waals surface area contributed by atoms with Gasteiger partial charge in [0.05, 0.1) is 27.8 Å². The van der Waals surface area contributed by atoms with Crippen LogP contribution in [-0.2, 0) is 23.7 Å². The molecule has 1 heterocycles. The SMILES string of the molecule is CC(=O)c1c(O)cc(O)c([C@@H]2O[C@H](COC(=O)c3cc(O)c(O)c(O)c3)[C@@H](OC(=O)c3cc(O)c(O)c(O)c3)[C@H](OC(=O)c3cc(O)c(O)c(O)c3)[C@H]2OC(=O)c2cc(O)c(O)c(O)c2)c1O. The number of esters is 4. The van der Waals surface area contributed by atoms with Crippen molar-refractivity contribution in [3.8, 4) is 86.2 Å². The minimum atomic E-state index is -2.53. The summed E-state index contributed by atoms with van der Waals surface area (Å²) in [7, 11) is 0. The molecule has 0 radical (unpaired) electrons. The third-order valence-corrected chi connectivity index (χ3v) is 9.90. The van der Waals surface area contributed by atoms with E-state index in [-0.39, 0.29) is 0 Å². The van der Waals surface area contributed by atoms with Crippen molar-refractivity contribution in [1.82, 2.24) is 0 Å². The molecular formula is C42H34O25. The number of phenols is 15. The Balaban J connectivity index is 1.60. The molecule has 0 spiro atoms. The van der Waals surface area contributed by atoms with Crippen LogP contribution < -0.4 is 0 Å². The van der Waals surface area contributed by atoms with Gasteiger partial charge < -0.3 is 100 Å². The molecule has 1 aliphatic heterocycles. The van der Waals surface area contributed by atoms with Crippen LogP contribution in [0, 0.1) is 0 Å². The molecule has 5 aromatic carbocycles. The zero-order valence-corrected chi connectivity index (χ0v) is 33.6. The van der Waals surface area contributed by atoms with Crippen LogP contribution in [0.5, 0.6) is 86.2 Å². The first kappa shape index (κ1) is 47.1. The predicted molar refractivity (Wildman–Crippen MR) is 213 cm³/mol. The Morgan fingerprint density at radius 1 is 0.418 bits per heavy atom. The highest BCUT2D eigenvalue weighted by Gasteiger charge is 2.55. The molecule has 25 nitrogen and oxygen atoms in total. The number of hydrogen-bond acceptors (Lipinski definition) is 25. The van der Waals surface area contributed by atoms with Gasteiger partial charge in [-0.15, -0.1) is 0 Å². The van der Waals surface area contributed by atoms with Crippen LogP contribution in [0.1, 0.15) is 70.4 Å². The second-order valence-corrected chi connectivity index (χ2v) is 14.4. The molecule has 15 N–H and O–H groups in total. The van der Waals surface area contributed by atoms with Crippen LogP contribution in [0.2, 0.25) is 0 Å². The maximum Gasteiger partial charge on any atom is 0.338 e. The van der Waals surface area contributed by atoms with Crippen LogP contribution in [0.3, 0.4) is 0 Å². The van der Waals surface area contributed by atoms with Gasteiger partial charge in [-0.3, -0.25) is 4.79 Å². The second kappa shape index (κ2) is 18.0. The van der Waals surface area contributed by atoms with E-state index in [1.165, 1.54) is 0 Å². The van der Waals surface area contributed by atoms with Crippen molar-refractivity contribution < 1.29 is 124 Å². The van der Waals surface area contributed by atoms with Gasteiger partial charge >= 0.3 is 23.9 Å². The molecule has 5 atom stereocenters. The van der Waals surface area contributed by atoms with Gasteiger partial charge in [0.15, 0.2) is 93.1 Å². The number of ketones is 1. The number of phenolic OH excluding ortho intramolecular Hbond substituents is 15. The number of benzene rings is 5. The van der Waals surface area contributed by atoms with Crippen LogP contribution >= 0.6 is 0 Å². The molecule has 1 saturated heterocycles. The van der Waals surface area contributed by atoms with Crippen molar-refractivity contribution in [2.45, 2.75) is 37.4 Å². The molecule has 0 unspecified atom stereocenters. The first-order chi connectivity index (χ1) is 31.4. The number of aromatic hydroxyl groups is 15. The van der Waals surface area contributed by atoms with Gasteiger partial charge in [0.2, 0.25) is 0 Å². The Labute approximate surface area is 371 Å². The smallest absolute Gasteiger partial charge is 0.338 e. The number of Topliss-reactive ketones (excluding diaryl/α,β-unsaturated/α-hetero) is 1. The van der Waals surface area contributed by atoms with Gasteiger partial charge in [-0.1, -0.05) is 0 Å². The standard InChI is InChI=1S/C42H34O25/c1-12(43)28-17(44)10-18(45)29(34(28)58)36-38(67-42(62)16-8-25(52)33(57)26(53)9-16)37(66-41(61)15-6-23(50)32(56)24(51)7-15)35(65-40(60)14-4-21(48)31(55)22(49)5-14)27(64-36)11-63-39(59)13-2-19(46)30(54)20(47)3-13/h2-10,27,35-38,44-58H,11H2,1H3/t27-,35-,36+,37+,38+/m1/s1. The minimum absolute atomic E-state index is 0.502. The summed E-state index contributed by atoms with van der Waals surface area (Å²) >= 11 is 0. The zero-order chi connectivity index (χ0) is 49.5. The number of carbonyl (C=O) groups excluding carboxylic acids is 5. The Kier molecular flexibility index (Phi) is 12.7. The summed E-state index contributed by atoms with van der Waals surface area (Å²) in [6, 6.07) is 5.04. The van der Waals surface area contributed by atoms with E-state index in [1.807, 2.05) is 0 Å². The summed E-state index contributed by atoms with van der Waals surface area (Å²) in [5.74, 6) is -24.1. The molecule has 0 aromatic heterocycles. The zero-order valence-electron chi connectivity index (χ0n) is 33.6. The maximum absolute atomic E-state index is 14.0. The summed E-state index contributed by atoms with van der Waals surface area (Å²) in [6.07, 6.45) is -12.1. The predicted octanol–water partition coefficient (Wildman–Crippen LogP) is 2.45.